The fraction of sp³-hybridized carbons (Fsp3) is 0.154. The van der Waals surface area contributed by atoms with Crippen molar-refractivity contribution in [3.63, 3.8) is 0 Å². The van der Waals surface area contributed by atoms with Crippen molar-refractivity contribution in [3.8, 4) is 0 Å². The minimum Gasteiger partial charge on any atom is -0.452 e. The zero-order valence-electron chi connectivity index (χ0n) is 16.5. The first-order chi connectivity index (χ1) is 14.3. The van der Waals surface area contributed by atoms with E-state index in [1.165, 1.54) is 10.8 Å². The molecule has 5 aromatic rings. The van der Waals surface area contributed by atoms with Crippen LogP contribution in [0, 0.1) is 0 Å². The van der Waals surface area contributed by atoms with Crippen LogP contribution in [0.1, 0.15) is 19.8 Å². The molecule has 1 heterocycles. The molecule has 2 N–H and O–H groups in total. The van der Waals surface area contributed by atoms with Crippen LogP contribution in [0.2, 0.25) is 0 Å². The lowest BCUT2D eigenvalue weighted by atomic mass is 10.0. The molecule has 0 fully saturated rings. The Bertz CT molecular complexity index is 1290. The number of hydrogen-bond acceptors (Lipinski definition) is 3. The van der Waals surface area contributed by atoms with Gasteiger partial charge in [0.1, 0.15) is 0 Å². The van der Waals surface area contributed by atoms with Crippen molar-refractivity contribution in [2.45, 2.75) is 19.8 Å². The van der Waals surface area contributed by atoms with E-state index in [0.717, 1.165) is 58.4 Å². The molecule has 0 unspecified atom stereocenters. The number of anilines is 3. The second-order valence-electron chi connectivity index (χ2n) is 7.41. The maximum Gasteiger partial charge on any atom is 0.159 e. The molecule has 144 valence electrons. The van der Waals surface area contributed by atoms with Gasteiger partial charge in [0.15, 0.2) is 11.2 Å². The Labute approximate surface area is 170 Å². The van der Waals surface area contributed by atoms with Crippen molar-refractivity contribution in [1.82, 2.24) is 0 Å². The summed E-state index contributed by atoms with van der Waals surface area (Å²) in [5, 5.41) is 11.9. The maximum absolute atomic E-state index is 6.50. The second-order valence-corrected chi connectivity index (χ2v) is 7.41. The molecule has 1 aromatic heterocycles. The molecule has 0 saturated carbocycles. The number of rotatable bonds is 6. The van der Waals surface area contributed by atoms with Gasteiger partial charge < -0.3 is 15.1 Å². The Morgan fingerprint density at radius 2 is 1.55 bits per heavy atom. The van der Waals surface area contributed by atoms with E-state index in [2.05, 4.69) is 78.2 Å². The van der Waals surface area contributed by atoms with Gasteiger partial charge in [0.05, 0.1) is 11.4 Å². The lowest BCUT2D eigenvalue weighted by Crippen LogP contribution is -2.01. The van der Waals surface area contributed by atoms with Crippen LogP contribution in [-0.4, -0.2) is 6.54 Å². The summed E-state index contributed by atoms with van der Waals surface area (Å²) in [5.41, 5.74) is 4.94. The molecule has 0 bridgehead atoms. The monoisotopic (exact) mass is 380 g/mol. The van der Waals surface area contributed by atoms with E-state index >= 15 is 0 Å². The van der Waals surface area contributed by atoms with Gasteiger partial charge >= 0.3 is 0 Å². The number of nitrogens with one attached hydrogen (secondary N) is 2. The summed E-state index contributed by atoms with van der Waals surface area (Å²) in [6, 6.07) is 27.3. The first-order valence-electron chi connectivity index (χ1n) is 10.3. The van der Waals surface area contributed by atoms with Crippen LogP contribution in [-0.2, 0) is 0 Å². The molecule has 0 aliphatic rings. The first-order valence-corrected chi connectivity index (χ1v) is 10.3. The molecule has 0 atom stereocenters. The molecule has 29 heavy (non-hydrogen) atoms. The Morgan fingerprint density at radius 1 is 0.759 bits per heavy atom. The molecule has 0 amide bonds. The molecular formula is C26H24N2O. The quantitative estimate of drug-likeness (QED) is 0.296. The molecule has 5 rings (SSSR count). The van der Waals surface area contributed by atoms with Crippen LogP contribution in [0.5, 0.6) is 0 Å². The Hall–Kier alpha value is -3.46. The number of fused-ring (bicyclic) bond motifs is 4. The third kappa shape index (κ3) is 3.19. The Morgan fingerprint density at radius 3 is 2.41 bits per heavy atom. The molecule has 4 aromatic carbocycles. The number of para-hydroxylation sites is 2. The highest BCUT2D eigenvalue weighted by Crippen LogP contribution is 2.41. The smallest absolute Gasteiger partial charge is 0.159 e. The second kappa shape index (κ2) is 7.51. The van der Waals surface area contributed by atoms with E-state index in [-0.39, 0.29) is 0 Å². The normalized spacial score (nSPS) is 11.3. The van der Waals surface area contributed by atoms with E-state index in [1.54, 1.807) is 0 Å². The van der Waals surface area contributed by atoms with Gasteiger partial charge in [0.25, 0.3) is 0 Å². The van der Waals surface area contributed by atoms with E-state index in [0.29, 0.717) is 0 Å². The topological polar surface area (TPSA) is 37.2 Å². The molecule has 0 spiro atoms. The first kappa shape index (κ1) is 17.6. The number of hydrogen-bond donors (Lipinski definition) is 2. The lowest BCUT2D eigenvalue weighted by molar-refractivity contribution is 0.671. The fourth-order valence-corrected chi connectivity index (χ4v) is 3.94. The van der Waals surface area contributed by atoms with Gasteiger partial charge in [0, 0.05) is 28.4 Å². The zero-order chi connectivity index (χ0) is 19.6. The minimum atomic E-state index is 0.889. The average Bonchev–Trinajstić information content (AvgIpc) is 3.14. The van der Waals surface area contributed by atoms with E-state index in [4.69, 9.17) is 4.42 Å². The average molecular weight is 380 g/mol. The summed E-state index contributed by atoms with van der Waals surface area (Å²) in [6.45, 7) is 3.15. The van der Waals surface area contributed by atoms with Gasteiger partial charge in [-0.25, -0.2) is 0 Å². The van der Waals surface area contributed by atoms with Crippen molar-refractivity contribution in [2.24, 2.45) is 0 Å². The highest BCUT2D eigenvalue weighted by atomic mass is 16.3. The van der Waals surface area contributed by atoms with E-state index < -0.39 is 0 Å². The summed E-state index contributed by atoms with van der Waals surface area (Å²) in [4.78, 5) is 0. The van der Waals surface area contributed by atoms with Crippen LogP contribution >= 0.6 is 0 Å². The Kier molecular flexibility index (Phi) is 4.57. The molecule has 0 aliphatic carbocycles. The predicted octanol–water partition coefficient (Wildman–Crippen LogP) is 7.69. The molecular weight excluding hydrogens is 356 g/mol. The van der Waals surface area contributed by atoms with Gasteiger partial charge in [-0.2, -0.15) is 0 Å². The van der Waals surface area contributed by atoms with Crippen LogP contribution in [0.4, 0.5) is 17.1 Å². The van der Waals surface area contributed by atoms with Gasteiger partial charge in [0.2, 0.25) is 0 Å². The van der Waals surface area contributed by atoms with Crippen LogP contribution in [0.3, 0.4) is 0 Å². The third-order valence-corrected chi connectivity index (χ3v) is 5.40. The van der Waals surface area contributed by atoms with E-state index in [1.807, 2.05) is 18.2 Å². The van der Waals surface area contributed by atoms with E-state index in [9.17, 15) is 0 Å². The Balaban J connectivity index is 1.73. The van der Waals surface area contributed by atoms with Gasteiger partial charge in [-0.05, 0) is 36.1 Å². The molecule has 3 nitrogen and oxygen atoms in total. The fourth-order valence-electron chi connectivity index (χ4n) is 3.94. The largest absolute Gasteiger partial charge is 0.452 e. The number of unbranched alkanes of at least 4 members (excludes halogenated alkanes) is 1. The maximum atomic E-state index is 6.50. The summed E-state index contributed by atoms with van der Waals surface area (Å²) in [7, 11) is 0. The standard InChI is InChI=1S/C26H24N2O/c1-2-3-16-27-24-20-13-8-7-10-18(20)17-22-21-14-9-15-23(25(21)29-26(22)24)28-19-11-5-4-6-12-19/h4-15,17,27-28H,2-3,16H2,1H3. The van der Waals surface area contributed by atoms with Crippen molar-refractivity contribution in [2.75, 3.05) is 17.2 Å². The predicted molar refractivity (Wildman–Crippen MR) is 124 cm³/mol. The molecule has 0 radical (unpaired) electrons. The number of furan rings is 1. The molecule has 0 aliphatic heterocycles. The minimum absolute atomic E-state index is 0.889. The van der Waals surface area contributed by atoms with Crippen LogP contribution < -0.4 is 10.6 Å². The SMILES string of the molecule is CCCCNc1c2ccccc2cc2c1oc1c(Nc3ccccc3)cccc12. The zero-order valence-corrected chi connectivity index (χ0v) is 16.5. The van der Waals surface area contributed by atoms with Crippen molar-refractivity contribution in [3.05, 3.63) is 78.9 Å². The highest BCUT2D eigenvalue weighted by molar-refractivity contribution is 6.19. The lowest BCUT2D eigenvalue weighted by Gasteiger charge is -2.10. The van der Waals surface area contributed by atoms with Gasteiger partial charge in [-0.15, -0.1) is 0 Å². The summed E-state index contributed by atoms with van der Waals surface area (Å²) >= 11 is 0. The van der Waals surface area contributed by atoms with Crippen molar-refractivity contribution >= 4 is 49.8 Å². The van der Waals surface area contributed by atoms with Gasteiger partial charge in [-0.3, -0.25) is 0 Å². The summed E-state index contributed by atoms with van der Waals surface area (Å²) in [5.74, 6) is 0. The molecule has 0 saturated heterocycles. The third-order valence-electron chi connectivity index (χ3n) is 5.40. The van der Waals surface area contributed by atoms with Crippen molar-refractivity contribution in [1.29, 1.82) is 0 Å². The highest BCUT2D eigenvalue weighted by Gasteiger charge is 2.16. The number of benzene rings is 4. The van der Waals surface area contributed by atoms with Crippen molar-refractivity contribution < 1.29 is 4.42 Å². The van der Waals surface area contributed by atoms with Crippen LogP contribution in [0.25, 0.3) is 32.7 Å². The van der Waals surface area contributed by atoms with Crippen LogP contribution in [0.15, 0.2) is 83.3 Å². The molecule has 3 heteroatoms. The summed E-state index contributed by atoms with van der Waals surface area (Å²) < 4.78 is 6.50. The van der Waals surface area contributed by atoms with Gasteiger partial charge in [-0.1, -0.05) is 67.9 Å². The summed E-state index contributed by atoms with van der Waals surface area (Å²) in [6.07, 6.45) is 2.29.